The molecule has 1 saturated carbocycles. The van der Waals surface area contributed by atoms with Crippen molar-refractivity contribution in [3.8, 4) is 0 Å². The Morgan fingerprint density at radius 2 is 2.08 bits per heavy atom. The number of halogens is 1. The van der Waals surface area contributed by atoms with E-state index in [4.69, 9.17) is 9.47 Å². The summed E-state index contributed by atoms with van der Waals surface area (Å²) in [6, 6.07) is 0. The smallest absolute Gasteiger partial charge is 0.104 e. The van der Waals surface area contributed by atoms with Crippen molar-refractivity contribution < 1.29 is 9.47 Å². The van der Waals surface area contributed by atoms with Crippen LogP contribution in [0.5, 0.6) is 0 Å². The topological polar surface area (TPSA) is 21.8 Å². The summed E-state index contributed by atoms with van der Waals surface area (Å²) in [5.41, 5.74) is 0. The van der Waals surface area contributed by atoms with Crippen LogP contribution in [0.3, 0.4) is 0 Å². The van der Waals surface area contributed by atoms with Gasteiger partial charge in [-0.25, -0.2) is 0 Å². The van der Waals surface area contributed by atoms with Gasteiger partial charge in [-0.15, -0.1) is 0 Å². The van der Waals surface area contributed by atoms with Gasteiger partial charge in [0.1, 0.15) is 6.10 Å². The van der Waals surface area contributed by atoms with Crippen LogP contribution in [-0.2, 0) is 9.47 Å². The molecule has 0 aromatic carbocycles. The van der Waals surface area contributed by atoms with Gasteiger partial charge < -0.3 is 9.47 Å². The van der Waals surface area contributed by atoms with Gasteiger partial charge in [-0.05, 0) is 12.8 Å². The predicted molar refractivity (Wildman–Crippen MR) is 50.7 cm³/mol. The number of hydrogen-bond donors (Lipinski definition) is 0. The summed E-state index contributed by atoms with van der Waals surface area (Å²) in [5, 5.41) is 0. The number of hydrogen-bond acceptors (Lipinski definition) is 2. The third-order valence-electron chi connectivity index (χ3n) is 2.52. The summed E-state index contributed by atoms with van der Waals surface area (Å²) in [6.07, 6.45) is 5.97. The van der Waals surface area contributed by atoms with E-state index in [1.807, 2.05) is 0 Å². The van der Waals surface area contributed by atoms with E-state index >= 15 is 0 Å². The number of alkyl halides is 1. The average molecular weight is 235 g/mol. The molecule has 1 saturated heterocycles. The van der Waals surface area contributed by atoms with Crippen LogP contribution in [-0.4, -0.2) is 30.2 Å². The van der Waals surface area contributed by atoms with Crippen LogP contribution in [0, 0.1) is 0 Å². The fraction of sp³-hybridized carbons (Fsp3) is 1.00. The average Bonchev–Trinajstić information content (AvgIpc) is 2.86. The van der Waals surface area contributed by atoms with Crippen molar-refractivity contribution in [1.82, 2.24) is 0 Å². The molecule has 2 fully saturated rings. The van der Waals surface area contributed by atoms with Gasteiger partial charge >= 0.3 is 0 Å². The summed E-state index contributed by atoms with van der Waals surface area (Å²) >= 11 is 3.66. The molecule has 1 aliphatic heterocycles. The molecule has 1 aliphatic carbocycles. The molecule has 70 valence electrons. The Kier molecular flexibility index (Phi) is 3.05. The maximum atomic E-state index is 5.75. The molecule has 3 heteroatoms. The van der Waals surface area contributed by atoms with E-state index in [-0.39, 0.29) is 0 Å². The van der Waals surface area contributed by atoms with E-state index < -0.39 is 0 Å². The van der Waals surface area contributed by atoms with E-state index in [0.29, 0.717) is 17.0 Å². The lowest BCUT2D eigenvalue weighted by atomic mass is 9.98. The van der Waals surface area contributed by atoms with Gasteiger partial charge in [0.15, 0.2) is 0 Å². The van der Waals surface area contributed by atoms with Crippen LogP contribution in [0.2, 0.25) is 0 Å². The summed E-state index contributed by atoms with van der Waals surface area (Å²) in [6.45, 7) is 1.70. The van der Waals surface area contributed by atoms with Crippen molar-refractivity contribution in [3.63, 3.8) is 0 Å². The van der Waals surface area contributed by atoms with E-state index in [1.54, 1.807) is 0 Å². The standard InChI is InChI=1S/C9H15BrO2/c10-8-3-1-2-4-9(8)12-6-7-5-11-7/h7-9H,1-6H2. The lowest BCUT2D eigenvalue weighted by Gasteiger charge is -2.27. The first kappa shape index (κ1) is 8.97. The second-order valence-electron chi connectivity index (χ2n) is 3.63. The van der Waals surface area contributed by atoms with Gasteiger partial charge in [-0.3, -0.25) is 0 Å². The molecule has 1 heterocycles. The van der Waals surface area contributed by atoms with Crippen molar-refractivity contribution in [3.05, 3.63) is 0 Å². The van der Waals surface area contributed by atoms with E-state index in [2.05, 4.69) is 15.9 Å². The summed E-state index contributed by atoms with van der Waals surface area (Å²) < 4.78 is 10.8. The van der Waals surface area contributed by atoms with E-state index in [9.17, 15) is 0 Å². The predicted octanol–water partition coefficient (Wildman–Crippen LogP) is 2.11. The van der Waals surface area contributed by atoms with E-state index in [0.717, 1.165) is 13.2 Å². The third-order valence-corrected chi connectivity index (χ3v) is 3.57. The summed E-state index contributed by atoms with van der Waals surface area (Å²) in [7, 11) is 0. The Balaban J connectivity index is 1.68. The summed E-state index contributed by atoms with van der Waals surface area (Å²) in [4.78, 5) is 0.574. The first-order chi connectivity index (χ1) is 5.86. The lowest BCUT2D eigenvalue weighted by molar-refractivity contribution is 0.0255. The molecule has 2 rings (SSSR count). The quantitative estimate of drug-likeness (QED) is 0.552. The molecular weight excluding hydrogens is 220 g/mol. The number of ether oxygens (including phenoxy) is 2. The highest BCUT2D eigenvalue weighted by Gasteiger charge is 2.28. The number of rotatable bonds is 3. The van der Waals surface area contributed by atoms with Crippen LogP contribution in [0.4, 0.5) is 0 Å². The van der Waals surface area contributed by atoms with Crippen molar-refractivity contribution in [2.75, 3.05) is 13.2 Å². The highest BCUT2D eigenvalue weighted by molar-refractivity contribution is 9.09. The monoisotopic (exact) mass is 234 g/mol. The molecular formula is C9H15BrO2. The SMILES string of the molecule is BrC1CCCCC1OCC1CO1. The van der Waals surface area contributed by atoms with Gasteiger partial charge in [-0.1, -0.05) is 28.8 Å². The molecule has 2 aliphatic rings. The Bertz CT molecular complexity index is 147. The van der Waals surface area contributed by atoms with Gasteiger partial charge in [-0.2, -0.15) is 0 Å². The highest BCUT2D eigenvalue weighted by atomic mass is 79.9. The Morgan fingerprint density at radius 3 is 2.75 bits per heavy atom. The second-order valence-corrected chi connectivity index (χ2v) is 4.80. The maximum absolute atomic E-state index is 5.75. The molecule has 3 atom stereocenters. The third kappa shape index (κ3) is 2.44. The van der Waals surface area contributed by atoms with Crippen LogP contribution in [0.15, 0.2) is 0 Å². The molecule has 0 amide bonds. The lowest BCUT2D eigenvalue weighted by Crippen LogP contribution is -2.29. The van der Waals surface area contributed by atoms with Crippen LogP contribution >= 0.6 is 15.9 Å². The minimum Gasteiger partial charge on any atom is -0.374 e. The largest absolute Gasteiger partial charge is 0.374 e. The first-order valence-electron chi connectivity index (χ1n) is 4.73. The van der Waals surface area contributed by atoms with Gasteiger partial charge in [0, 0.05) is 4.83 Å². The molecule has 0 bridgehead atoms. The minimum absolute atomic E-state index is 0.409. The highest BCUT2D eigenvalue weighted by Crippen LogP contribution is 2.27. The molecule has 2 nitrogen and oxygen atoms in total. The molecule has 0 aromatic heterocycles. The van der Waals surface area contributed by atoms with Gasteiger partial charge in [0.05, 0.1) is 19.3 Å². The Morgan fingerprint density at radius 1 is 1.33 bits per heavy atom. The molecule has 0 N–H and O–H groups in total. The van der Waals surface area contributed by atoms with Crippen LogP contribution in [0.25, 0.3) is 0 Å². The zero-order valence-electron chi connectivity index (χ0n) is 7.17. The van der Waals surface area contributed by atoms with Crippen molar-refractivity contribution in [2.45, 2.75) is 42.7 Å². The maximum Gasteiger partial charge on any atom is 0.104 e. The van der Waals surface area contributed by atoms with Crippen molar-refractivity contribution >= 4 is 15.9 Å². The van der Waals surface area contributed by atoms with Gasteiger partial charge in [0.25, 0.3) is 0 Å². The normalized spacial score (nSPS) is 41.2. The molecule has 0 aromatic rings. The van der Waals surface area contributed by atoms with Crippen LogP contribution < -0.4 is 0 Å². The Hall–Kier alpha value is 0.400. The zero-order chi connectivity index (χ0) is 8.39. The number of epoxide rings is 1. The molecule has 0 spiro atoms. The second kappa shape index (κ2) is 4.07. The van der Waals surface area contributed by atoms with Crippen molar-refractivity contribution in [1.29, 1.82) is 0 Å². The van der Waals surface area contributed by atoms with E-state index in [1.165, 1.54) is 25.7 Å². The fourth-order valence-electron chi connectivity index (χ4n) is 1.63. The molecule has 0 radical (unpaired) electrons. The zero-order valence-corrected chi connectivity index (χ0v) is 8.76. The minimum atomic E-state index is 0.409. The first-order valence-corrected chi connectivity index (χ1v) is 5.65. The molecule has 3 unspecified atom stereocenters. The van der Waals surface area contributed by atoms with Crippen LogP contribution in [0.1, 0.15) is 25.7 Å². The Labute approximate surface area is 81.7 Å². The van der Waals surface area contributed by atoms with Gasteiger partial charge in [0.2, 0.25) is 0 Å². The molecule has 12 heavy (non-hydrogen) atoms. The summed E-state index contributed by atoms with van der Waals surface area (Å²) in [5.74, 6) is 0. The fourth-order valence-corrected chi connectivity index (χ4v) is 2.38. The van der Waals surface area contributed by atoms with Crippen molar-refractivity contribution in [2.24, 2.45) is 0 Å².